The van der Waals surface area contributed by atoms with Crippen LogP contribution in [0.3, 0.4) is 0 Å². The highest BCUT2D eigenvalue weighted by molar-refractivity contribution is 6.30. The summed E-state index contributed by atoms with van der Waals surface area (Å²) >= 11 is 6.06. The second-order valence-corrected chi connectivity index (χ2v) is 10.0. The molecular formula is C27H30ClNO5. The molecule has 3 aromatic carbocycles. The van der Waals surface area contributed by atoms with Gasteiger partial charge in [0, 0.05) is 11.6 Å². The van der Waals surface area contributed by atoms with Crippen LogP contribution in [-0.4, -0.2) is 41.1 Å². The molecule has 0 bridgehead atoms. The number of piperidine rings is 1. The normalized spacial score (nSPS) is 21.4. The zero-order valence-corrected chi connectivity index (χ0v) is 20.4. The van der Waals surface area contributed by atoms with E-state index >= 15 is 0 Å². The lowest BCUT2D eigenvalue weighted by atomic mass is 9.82. The Morgan fingerprint density at radius 3 is 2.50 bits per heavy atom. The van der Waals surface area contributed by atoms with Gasteiger partial charge < -0.3 is 19.4 Å². The van der Waals surface area contributed by atoms with Gasteiger partial charge in [-0.15, -0.1) is 5.06 Å². The summed E-state index contributed by atoms with van der Waals surface area (Å²) in [4.78, 5) is 17.6. The van der Waals surface area contributed by atoms with Gasteiger partial charge >= 0.3 is 6.16 Å². The van der Waals surface area contributed by atoms with Gasteiger partial charge in [0.15, 0.2) is 0 Å². The van der Waals surface area contributed by atoms with E-state index in [0.717, 1.165) is 16.3 Å². The number of carbonyl (C=O) groups is 1. The van der Waals surface area contributed by atoms with E-state index in [4.69, 9.17) is 25.9 Å². The van der Waals surface area contributed by atoms with Gasteiger partial charge in [-0.05, 0) is 67.3 Å². The van der Waals surface area contributed by atoms with E-state index in [2.05, 4.69) is 24.3 Å². The van der Waals surface area contributed by atoms with Crippen molar-refractivity contribution in [2.45, 2.75) is 51.1 Å². The fourth-order valence-electron chi connectivity index (χ4n) is 4.13. The standard InChI is InChI=1S/C27H30ClNO5/c1-26(2,3)33-25(30)34-29-15-14-27(31,22-10-12-23(28)13-11-22)24(17-29)32-18-19-8-9-20-6-4-5-7-21(20)16-19/h4-13,16,24,31H,14-15,17-18H2,1-3H3. The van der Waals surface area contributed by atoms with Crippen molar-refractivity contribution in [3.05, 3.63) is 82.9 Å². The summed E-state index contributed by atoms with van der Waals surface area (Å²) in [7, 11) is 0. The molecule has 1 N–H and O–H groups in total. The average molecular weight is 484 g/mol. The van der Waals surface area contributed by atoms with Crippen LogP contribution in [0.4, 0.5) is 4.79 Å². The van der Waals surface area contributed by atoms with E-state index in [0.29, 0.717) is 30.2 Å². The molecule has 180 valence electrons. The van der Waals surface area contributed by atoms with Gasteiger partial charge in [0.25, 0.3) is 0 Å². The lowest BCUT2D eigenvalue weighted by molar-refractivity contribution is -0.228. The van der Waals surface area contributed by atoms with Crippen molar-refractivity contribution in [3.63, 3.8) is 0 Å². The van der Waals surface area contributed by atoms with Gasteiger partial charge in [-0.2, -0.15) is 0 Å². The molecule has 2 unspecified atom stereocenters. The third kappa shape index (κ3) is 5.88. The van der Waals surface area contributed by atoms with Gasteiger partial charge in [-0.1, -0.05) is 60.1 Å². The molecule has 1 fully saturated rings. The molecule has 7 heteroatoms. The van der Waals surface area contributed by atoms with E-state index in [1.807, 2.05) is 18.2 Å². The van der Waals surface area contributed by atoms with Crippen molar-refractivity contribution in [1.29, 1.82) is 0 Å². The number of fused-ring (bicyclic) bond motifs is 1. The SMILES string of the molecule is CC(C)(C)OC(=O)ON1CCC(O)(c2ccc(Cl)cc2)C(OCc2ccc3ccccc3c2)C1. The Kier molecular flexibility index (Phi) is 7.14. The van der Waals surface area contributed by atoms with E-state index in [9.17, 15) is 9.90 Å². The largest absolute Gasteiger partial charge is 0.528 e. The van der Waals surface area contributed by atoms with Crippen LogP contribution in [0.2, 0.25) is 5.02 Å². The van der Waals surface area contributed by atoms with Gasteiger partial charge in [0.2, 0.25) is 0 Å². The lowest BCUT2D eigenvalue weighted by Crippen LogP contribution is -2.55. The number of aliphatic hydroxyl groups is 1. The Bertz CT molecular complexity index is 1140. The van der Waals surface area contributed by atoms with Crippen LogP contribution >= 0.6 is 11.6 Å². The Labute approximate surface area is 204 Å². The number of rotatable bonds is 5. The zero-order valence-electron chi connectivity index (χ0n) is 19.7. The maximum absolute atomic E-state index is 12.2. The number of hydrogen-bond acceptors (Lipinski definition) is 6. The van der Waals surface area contributed by atoms with Crippen LogP contribution in [0.1, 0.15) is 38.3 Å². The lowest BCUT2D eigenvalue weighted by Gasteiger charge is -2.43. The van der Waals surface area contributed by atoms with Crippen LogP contribution in [0.5, 0.6) is 0 Å². The maximum atomic E-state index is 12.2. The highest BCUT2D eigenvalue weighted by Gasteiger charge is 2.45. The molecule has 1 aliphatic heterocycles. The van der Waals surface area contributed by atoms with E-state index in [1.54, 1.807) is 45.0 Å². The molecule has 34 heavy (non-hydrogen) atoms. The quantitative estimate of drug-likeness (QED) is 0.460. The molecule has 0 radical (unpaired) electrons. The van der Waals surface area contributed by atoms with Crippen molar-refractivity contribution in [2.24, 2.45) is 0 Å². The topological polar surface area (TPSA) is 68.2 Å². The molecule has 0 aliphatic carbocycles. The van der Waals surface area contributed by atoms with Gasteiger partial charge in [-0.25, -0.2) is 4.79 Å². The van der Waals surface area contributed by atoms with Crippen molar-refractivity contribution < 1.29 is 24.2 Å². The second-order valence-electron chi connectivity index (χ2n) is 9.61. The minimum absolute atomic E-state index is 0.186. The Balaban J connectivity index is 1.53. The predicted octanol–water partition coefficient (Wildman–Crippen LogP) is 5.84. The molecule has 1 heterocycles. The van der Waals surface area contributed by atoms with Crippen molar-refractivity contribution in [2.75, 3.05) is 13.1 Å². The van der Waals surface area contributed by atoms with E-state index < -0.39 is 23.5 Å². The molecule has 4 rings (SSSR count). The number of halogens is 1. The Morgan fingerprint density at radius 2 is 1.79 bits per heavy atom. The van der Waals surface area contributed by atoms with E-state index in [-0.39, 0.29) is 6.54 Å². The molecule has 1 aliphatic rings. The smallest absolute Gasteiger partial charge is 0.427 e. The number of benzene rings is 3. The summed E-state index contributed by atoms with van der Waals surface area (Å²) < 4.78 is 11.5. The van der Waals surface area contributed by atoms with Crippen molar-refractivity contribution >= 4 is 28.5 Å². The fourth-order valence-corrected chi connectivity index (χ4v) is 4.25. The first-order chi connectivity index (χ1) is 16.1. The van der Waals surface area contributed by atoms with Crippen LogP contribution in [-0.2, 0) is 26.5 Å². The van der Waals surface area contributed by atoms with Crippen molar-refractivity contribution in [3.8, 4) is 0 Å². The van der Waals surface area contributed by atoms with E-state index in [1.165, 1.54) is 5.06 Å². The predicted molar refractivity (Wildman–Crippen MR) is 131 cm³/mol. The van der Waals surface area contributed by atoms with Crippen LogP contribution in [0, 0.1) is 0 Å². The summed E-state index contributed by atoms with van der Waals surface area (Å²) in [6.45, 7) is 6.14. The molecule has 0 spiro atoms. The summed E-state index contributed by atoms with van der Waals surface area (Å²) in [6.07, 6.45) is -1.13. The van der Waals surface area contributed by atoms with Crippen LogP contribution in [0.25, 0.3) is 10.8 Å². The molecule has 0 saturated carbocycles. The first-order valence-corrected chi connectivity index (χ1v) is 11.7. The average Bonchev–Trinajstić information content (AvgIpc) is 2.78. The van der Waals surface area contributed by atoms with Gasteiger partial charge in [-0.3, -0.25) is 0 Å². The molecule has 0 amide bonds. The number of ether oxygens (including phenoxy) is 2. The Hall–Kier alpha value is -2.64. The highest BCUT2D eigenvalue weighted by atomic mass is 35.5. The maximum Gasteiger partial charge on any atom is 0.528 e. The minimum atomic E-state index is -1.27. The van der Waals surface area contributed by atoms with Crippen molar-refractivity contribution in [1.82, 2.24) is 5.06 Å². The summed E-state index contributed by atoms with van der Waals surface area (Å²) in [5.41, 5.74) is -0.238. The number of hydroxylamine groups is 2. The fraction of sp³-hybridized carbons (Fsp3) is 0.370. The summed E-state index contributed by atoms with van der Waals surface area (Å²) in [5.74, 6) is 0. The van der Waals surface area contributed by atoms with Crippen LogP contribution < -0.4 is 0 Å². The highest BCUT2D eigenvalue weighted by Crippen LogP contribution is 2.36. The summed E-state index contributed by atoms with van der Waals surface area (Å²) in [5, 5.41) is 16.1. The zero-order chi connectivity index (χ0) is 24.3. The van der Waals surface area contributed by atoms with Gasteiger partial charge in [0.05, 0.1) is 13.2 Å². The monoisotopic (exact) mass is 483 g/mol. The molecular weight excluding hydrogens is 454 g/mol. The number of carbonyl (C=O) groups excluding carboxylic acids is 1. The second kappa shape index (κ2) is 9.92. The molecule has 1 saturated heterocycles. The Morgan fingerprint density at radius 1 is 1.09 bits per heavy atom. The molecule has 2 atom stereocenters. The first-order valence-electron chi connectivity index (χ1n) is 11.4. The molecule has 6 nitrogen and oxygen atoms in total. The number of hydrogen-bond donors (Lipinski definition) is 1. The molecule has 0 aromatic heterocycles. The first kappa shape index (κ1) is 24.5. The van der Waals surface area contributed by atoms with Crippen LogP contribution in [0.15, 0.2) is 66.7 Å². The summed E-state index contributed by atoms with van der Waals surface area (Å²) in [6, 6.07) is 21.4. The number of nitrogens with zero attached hydrogens (tertiary/aromatic N) is 1. The third-order valence-corrected chi connectivity index (χ3v) is 6.10. The third-order valence-electron chi connectivity index (χ3n) is 5.85. The molecule has 3 aromatic rings. The minimum Gasteiger partial charge on any atom is -0.427 e. The van der Waals surface area contributed by atoms with Gasteiger partial charge in [0.1, 0.15) is 17.3 Å².